The van der Waals surface area contributed by atoms with Gasteiger partial charge in [-0.3, -0.25) is 0 Å². The third-order valence-corrected chi connectivity index (χ3v) is 10.5. The van der Waals surface area contributed by atoms with Gasteiger partial charge in [0.2, 0.25) is 0 Å². The Hall–Kier alpha value is -5.31. The summed E-state index contributed by atoms with van der Waals surface area (Å²) in [6.45, 7) is 0. The van der Waals surface area contributed by atoms with E-state index in [2.05, 4.69) is 156 Å². The summed E-state index contributed by atoms with van der Waals surface area (Å²) in [7, 11) is 0. The smallest absolute Gasteiger partial charge is 0.0620 e. The zero-order valence-corrected chi connectivity index (χ0v) is 24.6. The molecule has 204 valence electrons. The maximum absolute atomic E-state index is 2.49. The maximum Gasteiger partial charge on any atom is 0.0620 e. The Morgan fingerprint density at radius 2 is 1.05 bits per heavy atom. The summed E-state index contributed by atoms with van der Waals surface area (Å²) in [6, 6.07) is 55.9. The summed E-state index contributed by atoms with van der Waals surface area (Å²) < 4.78 is 2.49. The monoisotopic (exact) mass is 575 g/mol. The molecule has 2 heterocycles. The van der Waals surface area contributed by atoms with Gasteiger partial charge in [0.25, 0.3) is 0 Å². The number of aromatic nitrogens is 1. The number of benzene rings is 8. The third-order valence-electron chi connectivity index (χ3n) is 9.36. The maximum atomic E-state index is 2.49. The molecule has 0 bridgehead atoms. The fourth-order valence-electron chi connectivity index (χ4n) is 7.50. The minimum atomic E-state index is 1.18. The molecule has 0 radical (unpaired) electrons. The summed E-state index contributed by atoms with van der Waals surface area (Å²) in [5.74, 6) is 0. The molecule has 0 N–H and O–H groups in total. The number of rotatable bonds is 2. The average Bonchev–Trinajstić information content (AvgIpc) is 3.44. The minimum Gasteiger partial charge on any atom is -0.308 e. The summed E-state index contributed by atoms with van der Waals surface area (Å²) >= 11 is 1.89. The van der Waals surface area contributed by atoms with Crippen molar-refractivity contribution in [1.82, 2.24) is 4.57 Å². The first-order valence-electron chi connectivity index (χ1n) is 15.1. The Morgan fingerprint density at radius 1 is 0.364 bits per heavy atom. The van der Waals surface area contributed by atoms with Crippen LogP contribution in [0.4, 0.5) is 0 Å². The van der Waals surface area contributed by atoms with E-state index >= 15 is 0 Å². The van der Waals surface area contributed by atoms with Crippen molar-refractivity contribution in [1.29, 1.82) is 0 Å². The van der Waals surface area contributed by atoms with Crippen LogP contribution >= 0.6 is 11.8 Å². The molecular weight excluding hydrogens is 551 g/mol. The highest BCUT2D eigenvalue weighted by Gasteiger charge is 2.23. The number of fused-ring (bicyclic) bond motifs is 9. The fourth-order valence-corrected chi connectivity index (χ4v) is 8.63. The molecule has 2 heteroatoms. The van der Waals surface area contributed by atoms with Crippen molar-refractivity contribution < 1.29 is 0 Å². The van der Waals surface area contributed by atoms with Crippen molar-refractivity contribution in [3.63, 3.8) is 0 Å². The zero-order valence-electron chi connectivity index (χ0n) is 23.8. The van der Waals surface area contributed by atoms with Crippen molar-refractivity contribution in [2.45, 2.75) is 9.79 Å². The second-order valence-electron chi connectivity index (χ2n) is 11.7. The van der Waals surface area contributed by atoms with Crippen molar-refractivity contribution in [3.05, 3.63) is 152 Å². The Kier molecular flexibility index (Phi) is 5.00. The van der Waals surface area contributed by atoms with E-state index in [9.17, 15) is 0 Å². The van der Waals surface area contributed by atoms with Crippen molar-refractivity contribution in [2.75, 3.05) is 0 Å². The second-order valence-corrected chi connectivity index (χ2v) is 12.7. The first-order chi connectivity index (χ1) is 21.8. The lowest BCUT2D eigenvalue weighted by molar-refractivity contribution is 1.19. The predicted molar refractivity (Wildman–Crippen MR) is 188 cm³/mol. The lowest BCUT2D eigenvalue weighted by Crippen LogP contribution is -1.96. The summed E-state index contributed by atoms with van der Waals surface area (Å²) in [5, 5.41) is 10.3. The van der Waals surface area contributed by atoms with Gasteiger partial charge in [-0.1, -0.05) is 133 Å². The molecule has 0 unspecified atom stereocenters. The van der Waals surface area contributed by atoms with Crippen LogP contribution in [0.1, 0.15) is 0 Å². The Balaban J connectivity index is 1.37. The predicted octanol–water partition coefficient (Wildman–Crippen LogP) is 12.0. The lowest BCUT2D eigenvalue weighted by atomic mass is 9.89. The number of nitrogens with zero attached hydrogens (tertiary/aromatic N) is 1. The van der Waals surface area contributed by atoms with Crippen LogP contribution in [0.3, 0.4) is 0 Å². The van der Waals surface area contributed by atoms with Gasteiger partial charge in [-0.05, 0) is 68.7 Å². The van der Waals surface area contributed by atoms with Gasteiger partial charge in [0.15, 0.2) is 0 Å². The van der Waals surface area contributed by atoms with Gasteiger partial charge < -0.3 is 4.57 Å². The van der Waals surface area contributed by atoms with Crippen LogP contribution in [0.2, 0.25) is 0 Å². The molecule has 0 saturated carbocycles. The first-order valence-corrected chi connectivity index (χ1v) is 15.9. The van der Waals surface area contributed by atoms with Crippen LogP contribution < -0.4 is 0 Å². The van der Waals surface area contributed by atoms with Crippen LogP contribution in [-0.2, 0) is 0 Å². The molecule has 1 aromatic heterocycles. The summed E-state index contributed by atoms with van der Waals surface area (Å²) in [5.41, 5.74) is 8.91. The van der Waals surface area contributed by atoms with E-state index in [1.165, 1.54) is 91.9 Å². The molecule has 0 amide bonds. The van der Waals surface area contributed by atoms with E-state index in [1.54, 1.807) is 0 Å². The van der Waals surface area contributed by atoms with E-state index in [0.717, 1.165) is 0 Å². The molecule has 1 aliphatic heterocycles. The van der Waals surface area contributed by atoms with Gasteiger partial charge in [0, 0.05) is 42.4 Å². The highest BCUT2D eigenvalue weighted by Crippen LogP contribution is 2.51. The van der Waals surface area contributed by atoms with Crippen molar-refractivity contribution in [2.24, 2.45) is 0 Å². The van der Waals surface area contributed by atoms with Crippen LogP contribution in [0.5, 0.6) is 0 Å². The standard InChI is InChI=1S/C42H25NS/c1-2-12-27(13-3-1)43-41-28-14-5-4-11-26(28)21-22-35(41)37-25-36(29-15-6-7-17-34(29)42(37)43)30-23-24-39-40-32(30)18-10-19-33(40)31-16-8-9-20-38(31)44-39/h1-25H. The molecule has 0 atom stereocenters. The van der Waals surface area contributed by atoms with Crippen LogP contribution in [0, 0.1) is 0 Å². The molecular formula is C42H25NS. The van der Waals surface area contributed by atoms with Gasteiger partial charge in [-0.15, -0.1) is 0 Å². The van der Waals surface area contributed by atoms with E-state index in [1.807, 2.05) is 11.8 Å². The lowest BCUT2D eigenvalue weighted by Gasteiger charge is -2.22. The Morgan fingerprint density at radius 3 is 1.95 bits per heavy atom. The topological polar surface area (TPSA) is 4.93 Å². The van der Waals surface area contributed by atoms with Gasteiger partial charge in [-0.2, -0.15) is 0 Å². The van der Waals surface area contributed by atoms with Crippen LogP contribution in [-0.4, -0.2) is 4.57 Å². The largest absolute Gasteiger partial charge is 0.308 e. The molecule has 0 fully saturated rings. The average molecular weight is 576 g/mol. The summed E-state index contributed by atoms with van der Waals surface area (Å²) in [6.07, 6.45) is 0. The number of hydrogen-bond acceptors (Lipinski definition) is 1. The molecule has 44 heavy (non-hydrogen) atoms. The fraction of sp³-hybridized carbons (Fsp3) is 0. The van der Waals surface area contributed by atoms with Crippen molar-refractivity contribution >= 4 is 65.9 Å². The molecule has 0 saturated heterocycles. The van der Waals surface area contributed by atoms with Crippen LogP contribution in [0.15, 0.2) is 161 Å². The molecule has 8 aromatic carbocycles. The second kappa shape index (κ2) is 9.09. The highest BCUT2D eigenvalue weighted by molar-refractivity contribution is 7.99. The Bertz CT molecular complexity index is 2630. The molecule has 1 aliphatic rings. The van der Waals surface area contributed by atoms with Gasteiger partial charge >= 0.3 is 0 Å². The highest BCUT2D eigenvalue weighted by atomic mass is 32.2. The molecule has 1 nitrogen and oxygen atoms in total. The molecule has 9 aromatic rings. The van der Waals surface area contributed by atoms with Gasteiger partial charge in [-0.25, -0.2) is 0 Å². The van der Waals surface area contributed by atoms with Gasteiger partial charge in [0.1, 0.15) is 0 Å². The third kappa shape index (κ3) is 3.26. The van der Waals surface area contributed by atoms with E-state index < -0.39 is 0 Å². The van der Waals surface area contributed by atoms with Crippen LogP contribution in [0.25, 0.3) is 82.1 Å². The minimum absolute atomic E-state index is 1.18. The number of para-hydroxylation sites is 1. The molecule has 0 spiro atoms. The van der Waals surface area contributed by atoms with E-state index in [-0.39, 0.29) is 0 Å². The normalized spacial score (nSPS) is 12.5. The van der Waals surface area contributed by atoms with E-state index in [0.29, 0.717) is 0 Å². The van der Waals surface area contributed by atoms with E-state index in [4.69, 9.17) is 0 Å². The first kappa shape index (κ1) is 24.2. The number of hydrogen-bond donors (Lipinski definition) is 0. The van der Waals surface area contributed by atoms with Gasteiger partial charge in [0.05, 0.1) is 11.0 Å². The molecule has 10 rings (SSSR count). The molecule has 0 aliphatic carbocycles. The Labute approximate surface area is 259 Å². The zero-order chi connectivity index (χ0) is 28.8. The SMILES string of the molecule is c1ccc(-n2c3c4ccccc4ccc3c3cc(-c4ccc5c6c(cccc46)-c4ccccc4S5)c4ccccc4c32)cc1. The summed E-state index contributed by atoms with van der Waals surface area (Å²) in [4.78, 5) is 2.66. The van der Waals surface area contributed by atoms with Crippen molar-refractivity contribution in [3.8, 4) is 27.9 Å². The quantitative estimate of drug-likeness (QED) is 0.198.